The molecule has 0 spiro atoms. The third-order valence-corrected chi connectivity index (χ3v) is 8.87. The number of hydrogen-bond acceptors (Lipinski definition) is 2. The lowest BCUT2D eigenvalue weighted by Gasteiger charge is -2.32. The van der Waals surface area contributed by atoms with Crippen LogP contribution in [0.4, 0.5) is 5.69 Å². The summed E-state index contributed by atoms with van der Waals surface area (Å²) in [5.41, 5.74) is 9.07. The first-order valence-corrected chi connectivity index (χ1v) is 16.5. The molecule has 1 fully saturated rings. The van der Waals surface area contributed by atoms with Crippen molar-refractivity contribution in [2.75, 3.05) is 31.1 Å². The minimum Gasteiger partial charge on any atom is -0.371 e. The first-order chi connectivity index (χ1) is 19.8. The van der Waals surface area contributed by atoms with E-state index in [1.54, 1.807) is 11.1 Å². The van der Waals surface area contributed by atoms with E-state index in [1.165, 1.54) is 126 Å². The van der Waals surface area contributed by atoms with E-state index in [9.17, 15) is 0 Å². The van der Waals surface area contributed by atoms with Gasteiger partial charge in [0.1, 0.15) is 0 Å². The van der Waals surface area contributed by atoms with Gasteiger partial charge in [-0.3, -0.25) is 0 Å². The van der Waals surface area contributed by atoms with Gasteiger partial charge in [0.05, 0.1) is 0 Å². The Morgan fingerprint density at radius 3 is 2.12 bits per heavy atom. The van der Waals surface area contributed by atoms with Crippen molar-refractivity contribution >= 4 is 5.69 Å². The van der Waals surface area contributed by atoms with Gasteiger partial charge in [-0.1, -0.05) is 99.8 Å². The zero-order chi connectivity index (χ0) is 27.8. The Bertz CT molecular complexity index is 1080. The van der Waals surface area contributed by atoms with Crippen LogP contribution in [0.3, 0.4) is 0 Å². The molecule has 2 aliphatic heterocycles. The molecule has 0 unspecified atom stereocenters. The van der Waals surface area contributed by atoms with E-state index in [2.05, 4.69) is 96.9 Å². The van der Waals surface area contributed by atoms with Gasteiger partial charge in [-0.05, 0) is 117 Å². The average Bonchev–Trinajstić information content (AvgIpc) is 3.02. The highest BCUT2D eigenvalue weighted by Gasteiger charge is 2.16. The predicted molar refractivity (Wildman–Crippen MR) is 175 cm³/mol. The molecule has 2 heteroatoms. The van der Waals surface area contributed by atoms with Gasteiger partial charge in [0.25, 0.3) is 0 Å². The van der Waals surface area contributed by atoms with Gasteiger partial charge in [-0.25, -0.2) is 0 Å². The van der Waals surface area contributed by atoms with E-state index in [1.807, 2.05) is 0 Å². The van der Waals surface area contributed by atoms with Crippen molar-refractivity contribution in [1.82, 2.24) is 5.32 Å². The zero-order valence-corrected chi connectivity index (χ0v) is 25.5. The lowest BCUT2D eigenvalue weighted by molar-refractivity contribution is 0.460. The Labute approximate surface area is 245 Å². The molecule has 2 aliphatic rings. The minimum atomic E-state index is 0.774. The third-order valence-electron chi connectivity index (χ3n) is 8.87. The van der Waals surface area contributed by atoms with Gasteiger partial charge in [-0.2, -0.15) is 0 Å². The molecule has 3 aromatic carbocycles. The molecule has 0 radical (unpaired) electrons. The summed E-state index contributed by atoms with van der Waals surface area (Å²) in [6, 6.07) is 27.4. The fraction of sp³-hybridized carbons (Fsp3) is 0.526. The van der Waals surface area contributed by atoms with Crippen LogP contribution in [0.5, 0.6) is 0 Å². The Morgan fingerprint density at radius 2 is 1.43 bits per heavy atom. The number of nitrogens with one attached hydrogen (secondary N) is 1. The summed E-state index contributed by atoms with van der Waals surface area (Å²) in [4.78, 5) is 2.60. The first kappa shape index (κ1) is 30.4. The number of benzene rings is 3. The van der Waals surface area contributed by atoms with Crippen LogP contribution in [0.2, 0.25) is 0 Å². The minimum absolute atomic E-state index is 0.774. The Balaban J connectivity index is 0.000000194. The van der Waals surface area contributed by atoms with Gasteiger partial charge in [0, 0.05) is 18.8 Å². The molecule has 1 N–H and O–H groups in total. The average molecular weight is 539 g/mol. The summed E-state index contributed by atoms with van der Waals surface area (Å²) < 4.78 is 0. The van der Waals surface area contributed by atoms with Gasteiger partial charge in [0.2, 0.25) is 0 Å². The third kappa shape index (κ3) is 9.81. The molecule has 0 atom stereocenters. The van der Waals surface area contributed by atoms with Crippen LogP contribution >= 0.6 is 0 Å². The van der Waals surface area contributed by atoms with Crippen molar-refractivity contribution in [1.29, 1.82) is 0 Å². The predicted octanol–water partition coefficient (Wildman–Crippen LogP) is 9.30. The van der Waals surface area contributed by atoms with E-state index in [4.69, 9.17) is 0 Å². The lowest BCUT2D eigenvalue weighted by Crippen LogP contribution is -2.30. The van der Waals surface area contributed by atoms with Crippen LogP contribution in [0.15, 0.2) is 72.8 Å². The molecular formula is C38H54N2. The molecule has 3 aromatic rings. The van der Waals surface area contributed by atoms with Gasteiger partial charge < -0.3 is 10.2 Å². The number of hydrogen-bond donors (Lipinski definition) is 1. The monoisotopic (exact) mass is 538 g/mol. The quantitative estimate of drug-likeness (QED) is 0.231. The van der Waals surface area contributed by atoms with Crippen LogP contribution in [0.25, 0.3) is 0 Å². The Morgan fingerprint density at radius 1 is 0.725 bits per heavy atom. The van der Waals surface area contributed by atoms with E-state index in [-0.39, 0.29) is 0 Å². The van der Waals surface area contributed by atoms with Crippen molar-refractivity contribution in [3.8, 4) is 0 Å². The molecule has 40 heavy (non-hydrogen) atoms. The first-order valence-electron chi connectivity index (χ1n) is 16.5. The normalized spacial score (nSPS) is 15.3. The number of rotatable bonds is 12. The smallest absolute Gasteiger partial charge is 0.0401 e. The molecule has 2 heterocycles. The number of piperidine rings is 1. The molecule has 2 nitrogen and oxygen atoms in total. The highest BCUT2D eigenvalue weighted by Crippen LogP contribution is 2.29. The summed E-state index contributed by atoms with van der Waals surface area (Å²) in [6.45, 7) is 9.37. The van der Waals surface area contributed by atoms with E-state index < -0.39 is 0 Å². The molecule has 1 saturated heterocycles. The van der Waals surface area contributed by atoms with Gasteiger partial charge in [0.15, 0.2) is 0 Å². The van der Waals surface area contributed by atoms with Crippen LogP contribution in [0.1, 0.15) is 105 Å². The molecule has 0 aliphatic carbocycles. The number of fused-ring (bicyclic) bond motifs is 1. The Hall–Kier alpha value is -2.58. The maximum Gasteiger partial charge on any atom is 0.0401 e. The molecule has 0 aromatic heterocycles. The Kier molecular flexibility index (Phi) is 13.1. The number of aryl methyl sites for hydroxylation is 4. The fourth-order valence-electron chi connectivity index (χ4n) is 6.29. The molecular weight excluding hydrogens is 484 g/mol. The topological polar surface area (TPSA) is 15.3 Å². The van der Waals surface area contributed by atoms with E-state index in [0.29, 0.717) is 0 Å². The van der Waals surface area contributed by atoms with Gasteiger partial charge >= 0.3 is 0 Å². The summed E-state index contributed by atoms with van der Waals surface area (Å²) in [5, 5.41) is 3.45. The van der Waals surface area contributed by atoms with Crippen molar-refractivity contribution in [3.63, 3.8) is 0 Å². The summed E-state index contributed by atoms with van der Waals surface area (Å²) in [5.74, 6) is 0.774. The molecule has 216 valence electrons. The molecule has 0 saturated carbocycles. The second-order valence-corrected chi connectivity index (χ2v) is 11.9. The second-order valence-electron chi connectivity index (χ2n) is 11.9. The second kappa shape index (κ2) is 17.3. The zero-order valence-electron chi connectivity index (χ0n) is 25.5. The number of unbranched alkanes of at least 4 members (excludes halogenated alkanes) is 4. The van der Waals surface area contributed by atoms with Crippen LogP contribution < -0.4 is 10.2 Å². The summed E-state index contributed by atoms with van der Waals surface area (Å²) in [7, 11) is 0. The van der Waals surface area contributed by atoms with Crippen molar-refractivity contribution in [2.24, 2.45) is 0 Å². The molecule has 5 rings (SSSR count). The van der Waals surface area contributed by atoms with E-state index in [0.717, 1.165) is 12.3 Å². The van der Waals surface area contributed by atoms with E-state index >= 15 is 0 Å². The number of anilines is 1. The fourth-order valence-corrected chi connectivity index (χ4v) is 6.29. The van der Waals surface area contributed by atoms with Gasteiger partial charge in [-0.15, -0.1) is 0 Å². The SMILES string of the molecule is CCCCCN1CCCc2ccc(CC)cc21.c1ccc(CCCCCc2ccc(C3CCNCC3)cc2)cc1. The van der Waals surface area contributed by atoms with Crippen LogP contribution in [-0.2, 0) is 25.7 Å². The van der Waals surface area contributed by atoms with Crippen molar-refractivity contribution in [2.45, 2.75) is 103 Å². The van der Waals surface area contributed by atoms with Crippen molar-refractivity contribution in [3.05, 3.63) is 101 Å². The van der Waals surface area contributed by atoms with Crippen molar-refractivity contribution < 1.29 is 0 Å². The molecule has 0 amide bonds. The highest BCUT2D eigenvalue weighted by atomic mass is 15.1. The lowest BCUT2D eigenvalue weighted by atomic mass is 9.89. The largest absolute Gasteiger partial charge is 0.371 e. The maximum atomic E-state index is 3.45. The maximum absolute atomic E-state index is 3.45. The van der Waals surface area contributed by atoms with Crippen LogP contribution in [0, 0.1) is 0 Å². The standard InChI is InChI=1S/C22H29N.C16H25N/c1-3-7-19(8-4-1)9-5-2-6-10-20-11-13-21(14-12-20)22-15-17-23-18-16-22;1-3-5-6-11-17-12-7-8-15-10-9-14(4-2)13-16(15)17/h1,3-4,7-8,11-14,22-23H,2,5-6,9-10,15-18H2;9-10,13H,3-8,11-12H2,1-2H3. The molecule has 0 bridgehead atoms. The highest BCUT2D eigenvalue weighted by molar-refractivity contribution is 5.57. The number of nitrogens with zero attached hydrogens (tertiary/aromatic N) is 1. The summed E-state index contributed by atoms with van der Waals surface area (Å²) in [6.07, 6.45) is 16.7. The van der Waals surface area contributed by atoms with Crippen LogP contribution in [-0.4, -0.2) is 26.2 Å². The summed E-state index contributed by atoms with van der Waals surface area (Å²) >= 11 is 0.